The maximum absolute atomic E-state index is 3.75. The minimum Gasteiger partial charge on any atom is -0.0884 e. The van der Waals surface area contributed by atoms with Crippen LogP contribution in [-0.2, 0) is 0 Å². The molecule has 0 spiro atoms. The first-order valence-corrected chi connectivity index (χ1v) is 4.43. The Morgan fingerprint density at radius 2 is 1.75 bits per heavy atom. The van der Waals surface area contributed by atoms with Crippen LogP contribution in [0.1, 0.15) is 12.8 Å². The number of hydrogen-bond acceptors (Lipinski definition) is 0. The summed E-state index contributed by atoms with van der Waals surface area (Å²) in [4.78, 5) is 0.942. The molecule has 0 saturated heterocycles. The molecule has 2 unspecified atom stereocenters. The number of hydrogen-bond donors (Lipinski definition) is 0. The Kier molecular flexibility index (Phi) is 0.555. The van der Waals surface area contributed by atoms with Crippen LogP contribution in [0, 0.1) is 23.7 Å². The van der Waals surface area contributed by atoms with Crippen LogP contribution in [0.25, 0.3) is 0 Å². The zero-order chi connectivity index (χ0) is 5.30. The van der Waals surface area contributed by atoms with Gasteiger partial charge in [-0.1, -0.05) is 15.9 Å². The minimum atomic E-state index is 0.942. The molecule has 0 aromatic carbocycles. The van der Waals surface area contributed by atoms with Gasteiger partial charge in [-0.2, -0.15) is 0 Å². The number of rotatable bonds is 0. The number of halogens is 1. The van der Waals surface area contributed by atoms with Crippen LogP contribution in [0.4, 0.5) is 0 Å². The van der Waals surface area contributed by atoms with Gasteiger partial charge in [0.25, 0.3) is 0 Å². The van der Waals surface area contributed by atoms with Gasteiger partial charge in [-0.05, 0) is 36.5 Å². The second kappa shape index (κ2) is 1.03. The third-order valence-electron chi connectivity index (χ3n) is 3.37. The zero-order valence-corrected chi connectivity index (χ0v) is 6.26. The Hall–Kier alpha value is 0.480. The van der Waals surface area contributed by atoms with Crippen LogP contribution in [0.15, 0.2) is 0 Å². The van der Waals surface area contributed by atoms with Crippen LogP contribution >= 0.6 is 15.9 Å². The van der Waals surface area contributed by atoms with E-state index in [9.17, 15) is 0 Å². The van der Waals surface area contributed by atoms with Crippen LogP contribution in [0.3, 0.4) is 0 Å². The lowest BCUT2D eigenvalue weighted by atomic mass is 10.1. The molecule has 0 nitrogen and oxygen atoms in total. The van der Waals surface area contributed by atoms with E-state index in [0.717, 1.165) is 16.7 Å². The average molecular weight is 173 g/mol. The third-order valence-corrected chi connectivity index (χ3v) is 4.72. The Morgan fingerprint density at radius 3 is 1.88 bits per heavy atom. The molecule has 0 heterocycles. The molecule has 1 heteroatoms. The van der Waals surface area contributed by atoms with E-state index >= 15 is 0 Å². The third kappa shape index (κ3) is 0.278. The van der Waals surface area contributed by atoms with E-state index in [-0.39, 0.29) is 0 Å². The van der Waals surface area contributed by atoms with Crippen LogP contribution < -0.4 is 0 Å². The number of alkyl halides is 1. The molecule has 0 radical (unpaired) electrons. The van der Waals surface area contributed by atoms with Crippen molar-refractivity contribution in [1.82, 2.24) is 0 Å². The Balaban J connectivity index is 2.10. The maximum Gasteiger partial charge on any atom is 0.0208 e. The molecule has 0 aromatic rings. The summed E-state index contributed by atoms with van der Waals surface area (Å²) in [5, 5.41) is 0. The Bertz CT molecular complexity index is 129. The van der Waals surface area contributed by atoms with Crippen molar-refractivity contribution in [2.45, 2.75) is 17.7 Å². The quantitative estimate of drug-likeness (QED) is 0.491. The first-order chi connectivity index (χ1) is 3.88. The summed E-state index contributed by atoms with van der Waals surface area (Å²) in [7, 11) is 0. The van der Waals surface area contributed by atoms with Crippen LogP contribution in [-0.4, -0.2) is 4.83 Å². The van der Waals surface area contributed by atoms with Gasteiger partial charge in [0.2, 0.25) is 0 Å². The fraction of sp³-hybridized carbons (Fsp3) is 1.00. The molecule has 0 aliphatic heterocycles. The Morgan fingerprint density at radius 1 is 1.12 bits per heavy atom. The monoisotopic (exact) mass is 172 g/mol. The van der Waals surface area contributed by atoms with Gasteiger partial charge in [-0.3, -0.25) is 0 Å². The van der Waals surface area contributed by atoms with Gasteiger partial charge in [0.05, 0.1) is 0 Å². The standard InChI is InChI=1S/C7H9Br/c8-7-3-1-4-5(2-3)6(4)7/h3-7H,1-2H2/t3?,4?,5?,6?,7-/m1/s1. The molecule has 8 heavy (non-hydrogen) atoms. The van der Waals surface area contributed by atoms with Gasteiger partial charge in [-0.15, -0.1) is 0 Å². The molecule has 44 valence electrons. The van der Waals surface area contributed by atoms with Crippen LogP contribution in [0.5, 0.6) is 0 Å². The molecule has 3 atom stereocenters. The van der Waals surface area contributed by atoms with Crippen molar-refractivity contribution < 1.29 is 0 Å². The summed E-state index contributed by atoms with van der Waals surface area (Å²) in [6.07, 6.45) is 3.12. The second-order valence-electron chi connectivity index (χ2n) is 3.58. The van der Waals surface area contributed by atoms with Gasteiger partial charge in [0.1, 0.15) is 0 Å². The predicted molar refractivity (Wildman–Crippen MR) is 35.9 cm³/mol. The molecular formula is C7H9Br. The van der Waals surface area contributed by atoms with E-state index in [1.165, 1.54) is 11.8 Å². The first kappa shape index (κ1) is 4.32. The molecule has 4 aliphatic carbocycles. The van der Waals surface area contributed by atoms with E-state index in [4.69, 9.17) is 0 Å². The highest BCUT2D eigenvalue weighted by molar-refractivity contribution is 9.09. The highest BCUT2D eigenvalue weighted by Gasteiger charge is 2.67. The van der Waals surface area contributed by atoms with E-state index < -0.39 is 0 Å². The summed E-state index contributed by atoms with van der Waals surface area (Å²) in [5.74, 6) is 4.60. The topological polar surface area (TPSA) is 0 Å². The van der Waals surface area contributed by atoms with Gasteiger partial charge in [0, 0.05) is 4.83 Å². The largest absolute Gasteiger partial charge is 0.0884 e. The molecule has 4 aliphatic rings. The smallest absolute Gasteiger partial charge is 0.0208 e. The van der Waals surface area contributed by atoms with Crippen LogP contribution in [0.2, 0.25) is 0 Å². The van der Waals surface area contributed by atoms with Crippen molar-refractivity contribution in [3.63, 3.8) is 0 Å². The van der Waals surface area contributed by atoms with E-state index in [1.807, 2.05) is 0 Å². The zero-order valence-electron chi connectivity index (χ0n) is 4.68. The summed E-state index contributed by atoms with van der Waals surface area (Å²) in [6.45, 7) is 0. The van der Waals surface area contributed by atoms with E-state index in [0.29, 0.717) is 0 Å². The summed E-state index contributed by atoms with van der Waals surface area (Å²) >= 11 is 3.75. The van der Waals surface area contributed by atoms with Crippen molar-refractivity contribution in [1.29, 1.82) is 0 Å². The van der Waals surface area contributed by atoms with Crippen molar-refractivity contribution in [3.05, 3.63) is 0 Å². The highest BCUT2D eigenvalue weighted by atomic mass is 79.9. The molecule has 0 aromatic heterocycles. The molecule has 0 N–H and O–H groups in total. The van der Waals surface area contributed by atoms with E-state index in [2.05, 4.69) is 15.9 Å². The summed E-state index contributed by atoms with van der Waals surface area (Å²) in [6, 6.07) is 0. The normalized spacial score (nSPS) is 73.9. The molecular weight excluding hydrogens is 164 g/mol. The Labute approximate surface area is 57.8 Å². The predicted octanol–water partition coefficient (Wildman–Crippen LogP) is 2.04. The summed E-state index contributed by atoms with van der Waals surface area (Å²) < 4.78 is 0. The highest BCUT2D eigenvalue weighted by Crippen LogP contribution is 2.72. The second-order valence-corrected chi connectivity index (χ2v) is 4.64. The molecule has 4 rings (SSSR count). The lowest BCUT2D eigenvalue weighted by Crippen LogP contribution is -2.00. The van der Waals surface area contributed by atoms with E-state index in [1.54, 1.807) is 12.8 Å². The van der Waals surface area contributed by atoms with Crippen molar-refractivity contribution in [2.24, 2.45) is 23.7 Å². The maximum atomic E-state index is 3.75. The summed E-state index contributed by atoms with van der Waals surface area (Å²) in [5.41, 5.74) is 0. The molecule has 0 amide bonds. The fourth-order valence-corrected chi connectivity index (χ4v) is 4.20. The molecule has 4 bridgehead atoms. The van der Waals surface area contributed by atoms with Gasteiger partial charge in [0.15, 0.2) is 0 Å². The minimum absolute atomic E-state index is 0.942. The average Bonchev–Trinajstić information content (AvgIpc) is 2.23. The lowest BCUT2D eigenvalue weighted by Gasteiger charge is -2.02. The van der Waals surface area contributed by atoms with Crippen molar-refractivity contribution in [3.8, 4) is 0 Å². The lowest BCUT2D eigenvalue weighted by molar-refractivity contribution is 0.620. The first-order valence-electron chi connectivity index (χ1n) is 3.52. The molecule has 4 fully saturated rings. The fourth-order valence-electron chi connectivity index (χ4n) is 2.98. The van der Waals surface area contributed by atoms with Gasteiger partial charge < -0.3 is 0 Å². The van der Waals surface area contributed by atoms with Crippen molar-refractivity contribution in [2.75, 3.05) is 0 Å². The van der Waals surface area contributed by atoms with Gasteiger partial charge >= 0.3 is 0 Å². The molecule has 4 saturated carbocycles. The van der Waals surface area contributed by atoms with Gasteiger partial charge in [-0.25, -0.2) is 0 Å². The van der Waals surface area contributed by atoms with Crippen molar-refractivity contribution >= 4 is 15.9 Å². The SMILES string of the molecule is Br[C@@H]1C2CC3C(C2)C31.